The molecule has 0 aromatic carbocycles. The zero-order valence-electron chi connectivity index (χ0n) is 10.4. The Morgan fingerprint density at radius 3 is 2.78 bits per heavy atom. The van der Waals surface area contributed by atoms with Crippen LogP contribution >= 0.6 is 0 Å². The second-order valence-electron chi connectivity index (χ2n) is 4.82. The lowest BCUT2D eigenvalue weighted by Crippen LogP contribution is -2.36. The van der Waals surface area contributed by atoms with Crippen LogP contribution in [0.1, 0.15) is 38.5 Å². The molecule has 2 unspecified atom stereocenters. The van der Waals surface area contributed by atoms with E-state index in [0.29, 0.717) is 19.4 Å². The fourth-order valence-corrected chi connectivity index (χ4v) is 2.44. The summed E-state index contributed by atoms with van der Waals surface area (Å²) in [5.74, 6) is -1.17. The van der Waals surface area contributed by atoms with Crippen molar-refractivity contribution < 1.29 is 19.4 Å². The zero-order valence-corrected chi connectivity index (χ0v) is 10.4. The average Bonchev–Trinajstić information content (AvgIpc) is 2.99. The summed E-state index contributed by atoms with van der Waals surface area (Å²) in [6.45, 7) is 0.613. The molecule has 0 aromatic heterocycles. The molecule has 2 rings (SSSR count). The van der Waals surface area contributed by atoms with Gasteiger partial charge in [-0.2, -0.15) is 0 Å². The van der Waals surface area contributed by atoms with Crippen LogP contribution in [0.3, 0.4) is 0 Å². The van der Waals surface area contributed by atoms with Gasteiger partial charge in [0.25, 0.3) is 0 Å². The zero-order chi connectivity index (χ0) is 13.0. The van der Waals surface area contributed by atoms with Gasteiger partial charge < -0.3 is 15.2 Å². The fourth-order valence-electron chi connectivity index (χ4n) is 2.44. The molecular weight excluding hydrogens is 234 g/mol. The summed E-state index contributed by atoms with van der Waals surface area (Å²) in [5.41, 5.74) is 1.41. The van der Waals surface area contributed by atoms with Gasteiger partial charge in [0.2, 0.25) is 5.91 Å². The lowest BCUT2D eigenvalue weighted by molar-refractivity contribution is -0.151. The van der Waals surface area contributed by atoms with E-state index in [-0.39, 0.29) is 5.91 Å². The molecule has 5 heteroatoms. The number of amides is 1. The van der Waals surface area contributed by atoms with Gasteiger partial charge in [-0.1, -0.05) is 11.6 Å². The lowest BCUT2D eigenvalue weighted by Gasteiger charge is -2.11. The Bertz CT molecular complexity index is 364. The molecule has 1 amide bonds. The highest BCUT2D eigenvalue weighted by molar-refractivity contribution is 5.82. The van der Waals surface area contributed by atoms with E-state index >= 15 is 0 Å². The monoisotopic (exact) mass is 253 g/mol. The van der Waals surface area contributed by atoms with E-state index in [0.717, 1.165) is 19.3 Å². The van der Waals surface area contributed by atoms with Crippen molar-refractivity contribution in [2.75, 3.05) is 6.54 Å². The Balaban J connectivity index is 1.67. The summed E-state index contributed by atoms with van der Waals surface area (Å²) in [7, 11) is 0. The summed E-state index contributed by atoms with van der Waals surface area (Å²) in [6, 6.07) is 0. The molecule has 1 aliphatic carbocycles. The van der Waals surface area contributed by atoms with E-state index in [1.807, 2.05) is 0 Å². The molecule has 2 aliphatic rings. The van der Waals surface area contributed by atoms with Gasteiger partial charge in [0.1, 0.15) is 6.10 Å². The molecule has 0 radical (unpaired) electrons. The van der Waals surface area contributed by atoms with Crippen molar-refractivity contribution in [1.29, 1.82) is 0 Å². The Kier molecular flexibility index (Phi) is 4.36. The minimum atomic E-state index is -0.985. The van der Waals surface area contributed by atoms with Crippen LogP contribution < -0.4 is 5.32 Å². The van der Waals surface area contributed by atoms with Crippen LogP contribution in [0.5, 0.6) is 0 Å². The second-order valence-corrected chi connectivity index (χ2v) is 4.82. The highest BCUT2D eigenvalue weighted by Gasteiger charge is 2.34. The smallest absolute Gasteiger partial charge is 0.332 e. The molecule has 1 saturated heterocycles. The molecular formula is C13H19NO4. The highest BCUT2D eigenvalue weighted by Crippen LogP contribution is 2.21. The number of nitrogens with one attached hydrogen (secondary N) is 1. The van der Waals surface area contributed by atoms with Crippen molar-refractivity contribution >= 4 is 11.9 Å². The van der Waals surface area contributed by atoms with Crippen LogP contribution in [0.2, 0.25) is 0 Å². The minimum Gasteiger partial charge on any atom is -0.479 e. The number of allylic oxidation sites excluding steroid dienone is 1. The van der Waals surface area contributed by atoms with Crippen molar-refractivity contribution in [2.45, 2.75) is 50.7 Å². The molecule has 2 atom stereocenters. The molecule has 5 nitrogen and oxygen atoms in total. The summed E-state index contributed by atoms with van der Waals surface area (Å²) < 4.78 is 5.18. The molecule has 18 heavy (non-hydrogen) atoms. The number of ether oxygens (including phenoxy) is 1. The third-order valence-electron chi connectivity index (χ3n) is 3.47. The maximum Gasteiger partial charge on any atom is 0.332 e. The number of carboxylic acid groups (broad SMARTS) is 1. The second kappa shape index (κ2) is 6.00. The van der Waals surface area contributed by atoms with Gasteiger partial charge >= 0.3 is 5.97 Å². The fraction of sp³-hybridized carbons (Fsp3) is 0.692. The van der Waals surface area contributed by atoms with Crippen molar-refractivity contribution in [3.63, 3.8) is 0 Å². The standard InChI is InChI=1S/C13H19NO4/c15-12(10-5-6-11(18-10)13(16)17)14-8-7-9-3-1-2-4-9/h3,10-11H,1-2,4-8H2,(H,14,15)(H,16,17). The summed E-state index contributed by atoms with van der Waals surface area (Å²) in [6.07, 6.45) is 6.12. The number of carbonyl (C=O) groups excluding carboxylic acids is 1. The number of aliphatic carboxylic acids is 1. The van der Waals surface area contributed by atoms with Gasteiger partial charge in [0, 0.05) is 6.54 Å². The highest BCUT2D eigenvalue weighted by atomic mass is 16.5. The van der Waals surface area contributed by atoms with E-state index in [1.54, 1.807) is 0 Å². The first-order chi connectivity index (χ1) is 8.66. The molecule has 0 spiro atoms. The Morgan fingerprint density at radius 2 is 2.17 bits per heavy atom. The van der Waals surface area contributed by atoms with Crippen molar-refractivity contribution in [1.82, 2.24) is 5.32 Å². The largest absolute Gasteiger partial charge is 0.479 e. The van der Waals surface area contributed by atoms with E-state index in [9.17, 15) is 9.59 Å². The number of carbonyl (C=O) groups is 2. The summed E-state index contributed by atoms with van der Waals surface area (Å²) in [4.78, 5) is 22.4. The van der Waals surface area contributed by atoms with Crippen LogP contribution in [-0.2, 0) is 14.3 Å². The molecule has 0 aromatic rings. The maximum absolute atomic E-state index is 11.7. The molecule has 0 saturated carbocycles. The normalized spacial score (nSPS) is 27.0. The number of rotatable bonds is 5. The van der Waals surface area contributed by atoms with Crippen molar-refractivity contribution in [3.05, 3.63) is 11.6 Å². The van der Waals surface area contributed by atoms with E-state index in [1.165, 1.54) is 12.0 Å². The molecule has 1 aliphatic heterocycles. The van der Waals surface area contributed by atoms with Gasteiger partial charge in [-0.25, -0.2) is 4.79 Å². The molecule has 1 heterocycles. The summed E-state index contributed by atoms with van der Waals surface area (Å²) in [5, 5.41) is 11.6. The van der Waals surface area contributed by atoms with Gasteiger partial charge in [0.05, 0.1) is 0 Å². The van der Waals surface area contributed by atoms with E-state index in [2.05, 4.69) is 11.4 Å². The lowest BCUT2D eigenvalue weighted by atomic mass is 10.1. The molecule has 0 bridgehead atoms. The predicted molar refractivity (Wildman–Crippen MR) is 65.1 cm³/mol. The minimum absolute atomic E-state index is 0.183. The van der Waals surface area contributed by atoms with Crippen LogP contribution in [0.25, 0.3) is 0 Å². The quantitative estimate of drug-likeness (QED) is 0.723. The van der Waals surface area contributed by atoms with Crippen LogP contribution in [0, 0.1) is 0 Å². The first-order valence-corrected chi connectivity index (χ1v) is 6.50. The van der Waals surface area contributed by atoms with E-state index < -0.39 is 18.2 Å². The van der Waals surface area contributed by atoms with Crippen LogP contribution in [-0.4, -0.2) is 35.7 Å². The van der Waals surface area contributed by atoms with Gasteiger partial charge in [-0.15, -0.1) is 0 Å². The average molecular weight is 253 g/mol. The number of hydrogen-bond acceptors (Lipinski definition) is 3. The van der Waals surface area contributed by atoms with Gasteiger partial charge in [-0.3, -0.25) is 4.79 Å². The molecule has 1 fully saturated rings. The van der Waals surface area contributed by atoms with Crippen molar-refractivity contribution in [2.24, 2.45) is 0 Å². The molecule has 100 valence electrons. The Labute approximate surface area is 106 Å². The number of carboxylic acids is 1. The maximum atomic E-state index is 11.7. The first-order valence-electron chi connectivity index (χ1n) is 6.50. The van der Waals surface area contributed by atoms with Gasteiger partial charge in [-0.05, 0) is 38.5 Å². The molecule has 2 N–H and O–H groups in total. The topological polar surface area (TPSA) is 75.6 Å². The van der Waals surface area contributed by atoms with E-state index in [4.69, 9.17) is 9.84 Å². The Hall–Kier alpha value is -1.36. The van der Waals surface area contributed by atoms with Gasteiger partial charge in [0.15, 0.2) is 6.10 Å². The van der Waals surface area contributed by atoms with Crippen molar-refractivity contribution in [3.8, 4) is 0 Å². The Morgan fingerprint density at radius 1 is 1.39 bits per heavy atom. The third kappa shape index (κ3) is 3.32. The SMILES string of the molecule is O=C(O)C1CCC(C(=O)NCCC2=CCCC2)O1. The first kappa shape index (κ1) is 13.1. The predicted octanol–water partition coefficient (Wildman–Crippen LogP) is 1.24. The number of hydrogen-bond donors (Lipinski definition) is 2. The third-order valence-corrected chi connectivity index (χ3v) is 3.47. The van der Waals surface area contributed by atoms with Crippen LogP contribution in [0.4, 0.5) is 0 Å². The summed E-state index contributed by atoms with van der Waals surface area (Å²) >= 11 is 0. The van der Waals surface area contributed by atoms with Crippen LogP contribution in [0.15, 0.2) is 11.6 Å².